The Morgan fingerprint density at radius 2 is 2.00 bits per heavy atom. The first kappa shape index (κ1) is 8.30. The second kappa shape index (κ2) is 3.35. The monoisotopic (exact) mass is 144 g/mol. The summed E-state index contributed by atoms with van der Waals surface area (Å²) in [4.78, 5) is 10.5. The van der Waals surface area contributed by atoms with Crippen molar-refractivity contribution in [1.29, 1.82) is 0 Å². The molecule has 0 bridgehead atoms. The average molecular weight is 144 g/mol. The van der Waals surface area contributed by atoms with Gasteiger partial charge in [0, 0.05) is 5.37 Å². The molecule has 2 nitrogen and oxygen atoms in total. The number of Topliss-reactive ketones (excluding diaryl/α,β-unsaturated/α-hetero) is 1. The van der Waals surface area contributed by atoms with Gasteiger partial charge in [0.1, 0.15) is 5.76 Å². The van der Waals surface area contributed by atoms with E-state index in [0.29, 0.717) is 0 Å². The third-order valence-corrected chi connectivity index (χ3v) is 1.12. The van der Waals surface area contributed by atoms with Crippen molar-refractivity contribution in [2.45, 2.75) is 13.8 Å². The van der Waals surface area contributed by atoms with Crippen molar-refractivity contribution < 1.29 is 9.90 Å². The minimum Gasteiger partial charge on any atom is -0.512 e. The van der Waals surface area contributed by atoms with Crippen LogP contribution in [0.25, 0.3) is 0 Å². The highest BCUT2D eigenvalue weighted by Crippen LogP contribution is 1.98. The Balaban J connectivity index is 4.55. The lowest BCUT2D eigenvalue weighted by Gasteiger charge is -1.93. The van der Waals surface area contributed by atoms with Crippen LogP contribution in [0.1, 0.15) is 13.8 Å². The Bertz CT molecular complexity index is 166. The molecule has 0 heterocycles. The van der Waals surface area contributed by atoms with E-state index in [2.05, 4.69) is 12.2 Å². The molecule has 0 spiro atoms. The Hall–Kier alpha value is -0.700. The molecule has 0 aliphatic rings. The highest BCUT2D eigenvalue weighted by Gasteiger charge is 2.01. The normalized spacial score (nSPS) is 12.2. The summed E-state index contributed by atoms with van der Waals surface area (Å²) in [6, 6.07) is 0. The topological polar surface area (TPSA) is 37.3 Å². The molecule has 0 saturated carbocycles. The van der Waals surface area contributed by atoms with Crippen LogP contribution in [0.15, 0.2) is 11.3 Å². The zero-order chi connectivity index (χ0) is 7.44. The molecule has 0 radical (unpaired) electrons. The van der Waals surface area contributed by atoms with Crippen molar-refractivity contribution in [1.82, 2.24) is 0 Å². The largest absolute Gasteiger partial charge is 0.512 e. The molecular formula is C6H8O2S. The van der Waals surface area contributed by atoms with Gasteiger partial charge >= 0.3 is 0 Å². The molecule has 0 aliphatic heterocycles. The number of hydrogen-bond donors (Lipinski definition) is 1. The summed E-state index contributed by atoms with van der Waals surface area (Å²) in [5, 5.41) is 9.92. The Labute approximate surface area is 59.2 Å². The van der Waals surface area contributed by atoms with Gasteiger partial charge in [0.25, 0.3) is 0 Å². The summed E-state index contributed by atoms with van der Waals surface area (Å²) in [6.07, 6.45) is 0. The first-order chi connectivity index (χ1) is 4.09. The van der Waals surface area contributed by atoms with Crippen LogP contribution in [0.5, 0.6) is 0 Å². The molecule has 0 fully saturated rings. The predicted molar refractivity (Wildman–Crippen MR) is 39.7 cm³/mol. The summed E-state index contributed by atoms with van der Waals surface area (Å²) < 4.78 is 0. The van der Waals surface area contributed by atoms with Crippen LogP contribution in [-0.2, 0) is 4.79 Å². The standard InChI is InChI=1S/C6H8O2S/c1-4(7)6(3-9)5(2)8/h3,7H,1-2H3. The van der Waals surface area contributed by atoms with Gasteiger partial charge in [0.15, 0.2) is 5.78 Å². The van der Waals surface area contributed by atoms with Crippen LogP contribution in [0.3, 0.4) is 0 Å². The van der Waals surface area contributed by atoms with E-state index in [-0.39, 0.29) is 17.1 Å². The third kappa shape index (κ3) is 2.37. The minimum absolute atomic E-state index is 0.0162. The van der Waals surface area contributed by atoms with Crippen molar-refractivity contribution in [2.75, 3.05) is 0 Å². The average Bonchev–Trinajstić information content (AvgIpc) is 1.64. The summed E-state index contributed by atoms with van der Waals surface area (Å²) in [5.74, 6) is -0.220. The van der Waals surface area contributed by atoms with Gasteiger partial charge in [-0.05, 0) is 13.8 Å². The Morgan fingerprint density at radius 3 is 2.00 bits per heavy atom. The Kier molecular flexibility index (Phi) is 3.09. The van der Waals surface area contributed by atoms with Gasteiger partial charge in [0.05, 0.1) is 5.57 Å². The highest BCUT2D eigenvalue weighted by atomic mass is 32.1. The Morgan fingerprint density at radius 1 is 1.56 bits per heavy atom. The van der Waals surface area contributed by atoms with Crippen LogP contribution >= 0.6 is 12.2 Å². The number of rotatable bonds is 2. The van der Waals surface area contributed by atoms with Gasteiger partial charge in [-0.1, -0.05) is 12.2 Å². The molecule has 0 aromatic heterocycles. The number of carbonyl (C=O) groups excluding carboxylic acids is 1. The van der Waals surface area contributed by atoms with Gasteiger partial charge in [-0.25, -0.2) is 0 Å². The van der Waals surface area contributed by atoms with Gasteiger partial charge in [-0.3, -0.25) is 4.79 Å². The fourth-order valence-electron chi connectivity index (χ4n) is 0.423. The predicted octanol–water partition coefficient (Wildman–Crippen LogP) is 1.41. The number of allylic oxidation sites excluding steroid dienone is 2. The third-order valence-electron chi connectivity index (χ3n) is 0.887. The van der Waals surface area contributed by atoms with E-state index in [1.54, 1.807) is 0 Å². The molecule has 0 unspecified atom stereocenters. The first-order valence-corrected chi connectivity index (χ1v) is 2.92. The van der Waals surface area contributed by atoms with Crippen LogP contribution in [0, 0.1) is 0 Å². The number of ketones is 1. The molecule has 0 saturated heterocycles. The molecule has 3 heteroatoms. The number of hydrogen-bond acceptors (Lipinski definition) is 3. The fraction of sp³-hybridized carbons (Fsp3) is 0.333. The summed E-state index contributed by atoms with van der Waals surface area (Å²) in [7, 11) is 0. The lowest BCUT2D eigenvalue weighted by Crippen LogP contribution is -1.99. The molecule has 0 aromatic carbocycles. The quantitative estimate of drug-likeness (QED) is 0.361. The van der Waals surface area contributed by atoms with Crippen molar-refractivity contribution in [3.8, 4) is 0 Å². The van der Waals surface area contributed by atoms with Gasteiger partial charge < -0.3 is 5.11 Å². The maximum Gasteiger partial charge on any atom is 0.163 e. The molecule has 0 aliphatic carbocycles. The smallest absolute Gasteiger partial charge is 0.163 e. The van der Waals surface area contributed by atoms with Crippen molar-refractivity contribution in [2.24, 2.45) is 0 Å². The van der Waals surface area contributed by atoms with Gasteiger partial charge in [-0.15, -0.1) is 0 Å². The van der Waals surface area contributed by atoms with E-state index in [9.17, 15) is 4.79 Å². The lowest BCUT2D eigenvalue weighted by molar-refractivity contribution is -0.113. The zero-order valence-corrected chi connectivity index (χ0v) is 6.16. The van der Waals surface area contributed by atoms with E-state index in [1.807, 2.05) is 0 Å². The minimum atomic E-state index is -0.204. The van der Waals surface area contributed by atoms with Gasteiger partial charge in [0.2, 0.25) is 0 Å². The highest BCUT2D eigenvalue weighted by molar-refractivity contribution is 7.79. The van der Waals surface area contributed by atoms with Gasteiger partial charge in [-0.2, -0.15) is 0 Å². The summed E-state index contributed by atoms with van der Waals surface area (Å²) in [5.41, 5.74) is 0.213. The van der Waals surface area contributed by atoms with E-state index in [4.69, 9.17) is 5.11 Å². The molecule has 0 amide bonds. The van der Waals surface area contributed by atoms with E-state index in [0.717, 1.165) is 0 Å². The van der Waals surface area contributed by atoms with Crippen molar-refractivity contribution in [3.05, 3.63) is 11.3 Å². The van der Waals surface area contributed by atoms with E-state index in [1.165, 1.54) is 19.2 Å². The maximum atomic E-state index is 10.5. The van der Waals surface area contributed by atoms with Crippen LogP contribution in [0.2, 0.25) is 0 Å². The molecule has 0 aromatic rings. The SMILES string of the molecule is CC(=O)C(C=S)=C(C)O. The second-order valence-electron chi connectivity index (χ2n) is 1.67. The molecular weight excluding hydrogens is 136 g/mol. The number of aliphatic hydroxyl groups is 1. The molecule has 9 heavy (non-hydrogen) atoms. The van der Waals surface area contributed by atoms with Crippen LogP contribution in [0.4, 0.5) is 0 Å². The number of aliphatic hydroxyl groups excluding tert-OH is 1. The maximum absolute atomic E-state index is 10.5. The summed E-state index contributed by atoms with van der Waals surface area (Å²) >= 11 is 4.46. The fourth-order valence-corrected chi connectivity index (χ4v) is 0.760. The molecule has 1 N–H and O–H groups in total. The molecule has 0 rings (SSSR count). The second-order valence-corrected chi connectivity index (χ2v) is 1.91. The van der Waals surface area contributed by atoms with Crippen molar-refractivity contribution >= 4 is 23.4 Å². The number of thiocarbonyl (C=S) groups is 1. The van der Waals surface area contributed by atoms with Crippen LogP contribution < -0.4 is 0 Å². The zero-order valence-electron chi connectivity index (χ0n) is 5.34. The molecule has 0 atom stereocenters. The first-order valence-electron chi connectivity index (χ1n) is 2.45. The van der Waals surface area contributed by atoms with Crippen molar-refractivity contribution in [3.63, 3.8) is 0 Å². The lowest BCUT2D eigenvalue weighted by atomic mass is 10.2. The van der Waals surface area contributed by atoms with E-state index < -0.39 is 0 Å². The number of carbonyl (C=O) groups is 1. The van der Waals surface area contributed by atoms with Crippen LogP contribution in [-0.4, -0.2) is 16.3 Å². The van der Waals surface area contributed by atoms with E-state index >= 15 is 0 Å². The summed E-state index contributed by atoms with van der Waals surface area (Å²) in [6.45, 7) is 2.79. The molecule has 50 valence electrons.